The highest BCUT2D eigenvalue weighted by Gasteiger charge is 2.34. The third kappa shape index (κ3) is 3.45. The molecule has 1 aliphatic heterocycles. The number of amides is 2. The standard InChI is InChI=1S/C18H16F3N3O4/c1-8(2)7-28-11-4-9(18(19,20)21)3-10(5-11)24-13(25)6-12-14(15(24)22)17(27)23-16(12)26/h3-6,8H,7,22H2,1-2H3,(H,23,26,27). The summed E-state index contributed by atoms with van der Waals surface area (Å²) < 4.78 is 46.1. The highest BCUT2D eigenvalue weighted by Crippen LogP contribution is 2.34. The zero-order chi connectivity index (χ0) is 20.8. The predicted molar refractivity (Wildman–Crippen MR) is 93.6 cm³/mol. The number of nitrogens with zero attached hydrogens (tertiary/aromatic N) is 1. The van der Waals surface area contributed by atoms with Gasteiger partial charge in [-0.2, -0.15) is 13.2 Å². The van der Waals surface area contributed by atoms with Crippen molar-refractivity contribution in [2.24, 2.45) is 5.92 Å². The molecule has 2 aromatic rings. The first-order valence-corrected chi connectivity index (χ1v) is 8.25. The summed E-state index contributed by atoms with van der Waals surface area (Å²) in [5, 5.41) is 1.99. The lowest BCUT2D eigenvalue weighted by Gasteiger charge is -2.17. The minimum atomic E-state index is -4.70. The molecule has 7 nitrogen and oxygen atoms in total. The van der Waals surface area contributed by atoms with Crippen LogP contribution in [0, 0.1) is 5.92 Å². The van der Waals surface area contributed by atoms with E-state index in [9.17, 15) is 27.6 Å². The Balaban J connectivity index is 2.22. The number of hydrogen-bond donors (Lipinski definition) is 2. The van der Waals surface area contributed by atoms with E-state index in [0.29, 0.717) is 0 Å². The van der Waals surface area contributed by atoms with Crippen molar-refractivity contribution in [3.8, 4) is 11.4 Å². The van der Waals surface area contributed by atoms with Crippen molar-refractivity contribution in [3.63, 3.8) is 0 Å². The van der Waals surface area contributed by atoms with Crippen LogP contribution in [0.4, 0.5) is 19.0 Å². The van der Waals surface area contributed by atoms with Gasteiger partial charge < -0.3 is 10.5 Å². The largest absolute Gasteiger partial charge is 0.493 e. The number of fused-ring (bicyclic) bond motifs is 1. The van der Waals surface area contributed by atoms with Gasteiger partial charge >= 0.3 is 6.18 Å². The van der Waals surface area contributed by atoms with E-state index in [1.165, 1.54) is 6.07 Å². The molecule has 0 radical (unpaired) electrons. The van der Waals surface area contributed by atoms with Crippen LogP contribution in [0.3, 0.4) is 0 Å². The van der Waals surface area contributed by atoms with Gasteiger partial charge in [0.25, 0.3) is 17.4 Å². The van der Waals surface area contributed by atoms with Crippen LogP contribution >= 0.6 is 0 Å². The molecule has 0 saturated heterocycles. The average molecular weight is 395 g/mol. The second kappa shape index (κ2) is 6.70. The van der Waals surface area contributed by atoms with Crippen molar-refractivity contribution in [2.45, 2.75) is 20.0 Å². The number of halogens is 3. The van der Waals surface area contributed by atoms with E-state index in [0.717, 1.165) is 22.8 Å². The van der Waals surface area contributed by atoms with E-state index in [2.05, 4.69) is 0 Å². The molecule has 0 unspecified atom stereocenters. The molecule has 0 bridgehead atoms. The first-order chi connectivity index (χ1) is 13.0. The minimum absolute atomic E-state index is 0.0560. The zero-order valence-electron chi connectivity index (χ0n) is 14.9. The second-order valence-corrected chi connectivity index (χ2v) is 6.69. The van der Waals surface area contributed by atoms with E-state index in [4.69, 9.17) is 10.5 Å². The van der Waals surface area contributed by atoms with E-state index < -0.39 is 34.9 Å². The topological polar surface area (TPSA) is 103 Å². The van der Waals surface area contributed by atoms with E-state index in [1.54, 1.807) is 0 Å². The first kappa shape index (κ1) is 19.5. The number of imide groups is 1. The highest BCUT2D eigenvalue weighted by molar-refractivity contribution is 6.23. The molecule has 28 heavy (non-hydrogen) atoms. The molecular formula is C18H16F3N3O4. The summed E-state index contributed by atoms with van der Waals surface area (Å²) >= 11 is 0. The molecule has 0 atom stereocenters. The van der Waals surface area contributed by atoms with Gasteiger partial charge in [0.05, 0.1) is 29.0 Å². The number of anilines is 1. The van der Waals surface area contributed by atoms with Crippen molar-refractivity contribution >= 4 is 17.6 Å². The fourth-order valence-corrected chi connectivity index (χ4v) is 2.77. The Kier molecular flexibility index (Phi) is 4.66. The van der Waals surface area contributed by atoms with Crippen LogP contribution in [0.1, 0.15) is 40.1 Å². The van der Waals surface area contributed by atoms with Crippen LogP contribution in [0.2, 0.25) is 0 Å². The lowest BCUT2D eigenvalue weighted by Crippen LogP contribution is -2.24. The van der Waals surface area contributed by atoms with E-state index in [-0.39, 0.29) is 35.1 Å². The molecule has 2 heterocycles. The third-order valence-corrected chi connectivity index (χ3v) is 4.01. The van der Waals surface area contributed by atoms with Gasteiger partial charge in [-0.15, -0.1) is 0 Å². The highest BCUT2D eigenvalue weighted by atomic mass is 19.4. The van der Waals surface area contributed by atoms with Crippen LogP contribution in [0.5, 0.6) is 5.75 Å². The van der Waals surface area contributed by atoms with Crippen molar-refractivity contribution in [3.05, 3.63) is 51.3 Å². The number of aromatic nitrogens is 1. The number of nitrogen functional groups attached to an aromatic ring is 1. The van der Waals surface area contributed by atoms with Crippen molar-refractivity contribution in [1.29, 1.82) is 0 Å². The fraction of sp³-hybridized carbons (Fsp3) is 0.278. The zero-order valence-corrected chi connectivity index (χ0v) is 14.9. The second-order valence-electron chi connectivity index (χ2n) is 6.69. The monoisotopic (exact) mass is 395 g/mol. The van der Waals surface area contributed by atoms with Crippen molar-refractivity contribution in [1.82, 2.24) is 9.88 Å². The van der Waals surface area contributed by atoms with E-state index in [1.807, 2.05) is 19.2 Å². The molecule has 2 amide bonds. The lowest BCUT2D eigenvalue weighted by molar-refractivity contribution is -0.137. The lowest BCUT2D eigenvalue weighted by atomic mass is 10.1. The van der Waals surface area contributed by atoms with Crippen LogP contribution < -0.4 is 21.3 Å². The Morgan fingerprint density at radius 1 is 1.11 bits per heavy atom. The molecule has 3 rings (SSSR count). The summed E-state index contributed by atoms with van der Waals surface area (Å²) in [6.07, 6.45) is -4.70. The number of hydrogen-bond acceptors (Lipinski definition) is 5. The Bertz CT molecular complexity index is 1040. The van der Waals surface area contributed by atoms with Crippen LogP contribution in [0.15, 0.2) is 29.1 Å². The average Bonchev–Trinajstić information content (AvgIpc) is 2.86. The van der Waals surface area contributed by atoms with Gasteiger partial charge in [-0.3, -0.25) is 24.3 Å². The SMILES string of the molecule is CC(C)COc1cc(-n2c(N)c3c(cc2=O)C(=O)NC3=O)cc(C(F)(F)F)c1. The Hall–Kier alpha value is -3.30. The summed E-state index contributed by atoms with van der Waals surface area (Å²) in [5.74, 6) is -2.10. The molecule has 1 aliphatic rings. The molecular weight excluding hydrogens is 379 g/mol. The van der Waals surface area contributed by atoms with Gasteiger partial charge in [-0.05, 0) is 18.1 Å². The maximum absolute atomic E-state index is 13.3. The number of alkyl halides is 3. The number of ether oxygens (including phenoxy) is 1. The number of carbonyl (C=O) groups is 2. The Morgan fingerprint density at radius 2 is 1.79 bits per heavy atom. The molecule has 0 saturated carbocycles. The molecule has 1 aromatic heterocycles. The maximum Gasteiger partial charge on any atom is 0.416 e. The molecule has 1 aromatic carbocycles. The number of benzene rings is 1. The smallest absolute Gasteiger partial charge is 0.416 e. The normalized spacial score (nSPS) is 13.6. The summed E-state index contributed by atoms with van der Waals surface area (Å²) in [6, 6.07) is 3.62. The third-order valence-electron chi connectivity index (χ3n) is 4.01. The Labute approximate surface area is 156 Å². The van der Waals surface area contributed by atoms with Gasteiger partial charge in [0.1, 0.15) is 11.6 Å². The summed E-state index contributed by atoms with van der Waals surface area (Å²) in [5.41, 5.74) is 3.28. The number of pyridine rings is 1. The molecule has 10 heteroatoms. The minimum Gasteiger partial charge on any atom is -0.493 e. The molecule has 0 fully saturated rings. The van der Waals surface area contributed by atoms with Crippen LogP contribution in [-0.2, 0) is 6.18 Å². The molecule has 3 N–H and O–H groups in total. The van der Waals surface area contributed by atoms with Gasteiger partial charge in [-0.1, -0.05) is 13.8 Å². The Morgan fingerprint density at radius 3 is 2.39 bits per heavy atom. The van der Waals surface area contributed by atoms with Gasteiger partial charge in [0.2, 0.25) is 0 Å². The molecule has 148 valence electrons. The molecule has 0 spiro atoms. The van der Waals surface area contributed by atoms with Gasteiger partial charge in [0, 0.05) is 12.1 Å². The number of nitrogens with one attached hydrogen (secondary N) is 1. The summed E-state index contributed by atoms with van der Waals surface area (Å²) in [7, 11) is 0. The van der Waals surface area contributed by atoms with Crippen LogP contribution in [0.25, 0.3) is 5.69 Å². The van der Waals surface area contributed by atoms with Crippen molar-refractivity contribution < 1.29 is 27.5 Å². The van der Waals surface area contributed by atoms with Gasteiger partial charge in [-0.25, -0.2) is 0 Å². The summed E-state index contributed by atoms with van der Waals surface area (Å²) in [4.78, 5) is 36.1. The number of rotatable bonds is 4. The van der Waals surface area contributed by atoms with Crippen molar-refractivity contribution in [2.75, 3.05) is 12.3 Å². The quantitative estimate of drug-likeness (QED) is 0.774. The number of nitrogens with two attached hydrogens (primary N) is 1. The fourth-order valence-electron chi connectivity index (χ4n) is 2.77. The van der Waals surface area contributed by atoms with E-state index >= 15 is 0 Å². The van der Waals surface area contributed by atoms with Gasteiger partial charge in [0.15, 0.2) is 0 Å². The molecule has 0 aliphatic carbocycles. The predicted octanol–water partition coefficient (Wildman–Crippen LogP) is 2.36. The number of carbonyl (C=O) groups excluding carboxylic acids is 2. The maximum atomic E-state index is 13.3. The first-order valence-electron chi connectivity index (χ1n) is 8.25. The summed E-state index contributed by atoms with van der Waals surface area (Å²) in [6.45, 7) is 3.81. The van der Waals surface area contributed by atoms with Crippen LogP contribution in [-0.4, -0.2) is 23.0 Å².